The highest BCUT2D eigenvalue weighted by Crippen LogP contribution is 2.38. The van der Waals surface area contributed by atoms with Crippen molar-refractivity contribution in [1.82, 2.24) is 5.32 Å². The van der Waals surface area contributed by atoms with Crippen molar-refractivity contribution in [3.8, 4) is 0 Å². The molecule has 0 aliphatic carbocycles. The lowest BCUT2D eigenvalue weighted by Gasteiger charge is -2.32. The number of benzene rings is 1. The van der Waals surface area contributed by atoms with Gasteiger partial charge in [0.1, 0.15) is 0 Å². The Kier molecular flexibility index (Phi) is 5.59. The lowest BCUT2D eigenvalue weighted by Crippen LogP contribution is -2.40. The van der Waals surface area contributed by atoms with E-state index in [4.69, 9.17) is 0 Å². The molecule has 1 aromatic carbocycles. The van der Waals surface area contributed by atoms with Crippen molar-refractivity contribution in [2.45, 2.75) is 39.7 Å². The Morgan fingerprint density at radius 1 is 1.37 bits per heavy atom. The predicted molar refractivity (Wildman–Crippen MR) is 89.2 cm³/mol. The highest BCUT2D eigenvalue weighted by atomic mass is 127. The molecule has 2 nitrogen and oxygen atoms in total. The maximum atomic E-state index is 12.5. The van der Waals surface area contributed by atoms with Crippen molar-refractivity contribution >= 4 is 28.5 Å². The maximum absolute atomic E-state index is 12.5. The minimum atomic E-state index is -0.291. The number of carbonyl (C=O) groups is 1. The third-order valence-corrected chi connectivity index (χ3v) is 4.16. The molecule has 0 saturated carbocycles. The third kappa shape index (κ3) is 4.06. The van der Waals surface area contributed by atoms with Gasteiger partial charge >= 0.3 is 0 Å². The van der Waals surface area contributed by atoms with E-state index in [1.807, 2.05) is 58.0 Å². The molecule has 0 aliphatic heterocycles. The van der Waals surface area contributed by atoms with Crippen LogP contribution in [0.25, 0.3) is 0 Å². The van der Waals surface area contributed by atoms with Gasteiger partial charge < -0.3 is 5.32 Å². The van der Waals surface area contributed by atoms with E-state index in [2.05, 4.69) is 34.5 Å². The molecule has 0 heterocycles. The van der Waals surface area contributed by atoms with Crippen molar-refractivity contribution in [2.75, 3.05) is 0 Å². The van der Waals surface area contributed by atoms with Gasteiger partial charge in [-0.1, -0.05) is 38.1 Å². The minimum absolute atomic E-state index is 0.0593. The van der Waals surface area contributed by atoms with Gasteiger partial charge in [-0.2, -0.15) is 0 Å². The van der Waals surface area contributed by atoms with Crippen LogP contribution in [0.1, 0.15) is 39.2 Å². The zero-order chi connectivity index (χ0) is 14.6. The van der Waals surface area contributed by atoms with Crippen LogP contribution in [0.2, 0.25) is 0 Å². The number of amides is 1. The molecule has 104 valence electrons. The van der Waals surface area contributed by atoms with Crippen LogP contribution < -0.4 is 5.32 Å². The Balaban J connectivity index is 3.25. The molecule has 1 amide bonds. The topological polar surface area (TPSA) is 29.1 Å². The molecule has 0 radical (unpaired) electrons. The molecule has 1 unspecified atom stereocenters. The van der Waals surface area contributed by atoms with Crippen LogP contribution in [0.4, 0.5) is 0 Å². The smallest absolute Gasteiger partial charge is 0.228 e. The Labute approximate surface area is 129 Å². The number of hydrogen-bond donors (Lipinski definition) is 1. The average Bonchev–Trinajstić information content (AvgIpc) is 2.31. The van der Waals surface area contributed by atoms with Gasteiger partial charge in [-0.05, 0) is 53.5 Å². The first-order valence-electron chi connectivity index (χ1n) is 6.48. The second kappa shape index (κ2) is 6.55. The molecule has 1 rings (SSSR count). The number of carbonyl (C=O) groups excluding carboxylic acids is 1. The number of halogens is 1. The van der Waals surface area contributed by atoms with Crippen LogP contribution in [-0.2, 0) is 4.79 Å². The quantitative estimate of drug-likeness (QED) is 0.613. The molecule has 19 heavy (non-hydrogen) atoms. The van der Waals surface area contributed by atoms with Crippen molar-refractivity contribution in [1.29, 1.82) is 0 Å². The van der Waals surface area contributed by atoms with Gasteiger partial charge in [0.25, 0.3) is 0 Å². The van der Waals surface area contributed by atoms with Gasteiger partial charge in [0, 0.05) is 9.61 Å². The van der Waals surface area contributed by atoms with Crippen molar-refractivity contribution in [2.24, 2.45) is 5.41 Å². The van der Waals surface area contributed by atoms with Gasteiger partial charge in [-0.15, -0.1) is 6.58 Å². The molecule has 0 fully saturated rings. The van der Waals surface area contributed by atoms with Crippen molar-refractivity contribution in [3.63, 3.8) is 0 Å². The van der Waals surface area contributed by atoms with Gasteiger partial charge in [0.15, 0.2) is 0 Å². The highest BCUT2D eigenvalue weighted by molar-refractivity contribution is 14.1. The Morgan fingerprint density at radius 2 is 1.95 bits per heavy atom. The highest BCUT2D eigenvalue weighted by Gasteiger charge is 2.35. The van der Waals surface area contributed by atoms with E-state index in [0.29, 0.717) is 0 Å². The molecule has 1 N–H and O–H groups in total. The molecular weight excluding hydrogens is 349 g/mol. The fourth-order valence-electron chi connectivity index (χ4n) is 2.07. The van der Waals surface area contributed by atoms with E-state index in [1.165, 1.54) is 0 Å². The first kappa shape index (κ1) is 16.2. The largest absolute Gasteiger partial charge is 0.353 e. The second-order valence-electron chi connectivity index (χ2n) is 5.64. The fourth-order valence-corrected chi connectivity index (χ4v) is 2.77. The van der Waals surface area contributed by atoms with E-state index in [9.17, 15) is 4.79 Å². The van der Waals surface area contributed by atoms with Crippen LogP contribution in [0.3, 0.4) is 0 Å². The van der Waals surface area contributed by atoms with Gasteiger partial charge in [-0.25, -0.2) is 0 Å². The summed E-state index contributed by atoms with van der Waals surface area (Å²) in [5, 5.41) is 3.02. The summed E-state index contributed by atoms with van der Waals surface area (Å²) in [6.45, 7) is 11.9. The summed E-state index contributed by atoms with van der Waals surface area (Å²) in [5.41, 5.74) is 0.770. The van der Waals surface area contributed by atoms with Crippen LogP contribution in [-0.4, -0.2) is 11.9 Å². The fraction of sp³-hybridized carbons (Fsp3) is 0.438. The predicted octanol–water partition coefficient (Wildman–Crippen LogP) is 4.11. The van der Waals surface area contributed by atoms with E-state index < -0.39 is 0 Å². The van der Waals surface area contributed by atoms with Crippen LogP contribution in [0.15, 0.2) is 36.9 Å². The van der Waals surface area contributed by atoms with Crippen molar-refractivity contribution in [3.05, 3.63) is 46.1 Å². The van der Waals surface area contributed by atoms with Gasteiger partial charge in [0.05, 0.1) is 5.92 Å². The van der Waals surface area contributed by atoms with E-state index in [0.717, 1.165) is 9.13 Å². The molecule has 0 bridgehead atoms. The number of nitrogens with one attached hydrogen (secondary N) is 1. The molecule has 0 spiro atoms. The summed E-state index contributed by atoms with van der Waals surface area (Å²) in [4.78, 5) is 12.5. The molecule has 0 aromatic heterocycles. The van der Waals surface area contributed by atoms with Crippen LogP contribution in [0, 0.1) is 8.99 Å². The second-order valence-corrected chi connectivity index (χ2v) is 6.81. The number of allylic oxidation sites excluding steroid dienone is 1. The molecule has 0 saturated heterocycles. The number of hydrogen-bond acceptors (Lipinski definition) is 1. The molecule has 1 aromatic rings. The number of rotatable bonds is 5. The van der Waals surface area contributed by atoms with E-state index in [-0.39, 0.29) is 23.3 Å². The summed E-state index contributed by atoms with van der Waals surface area (Å²) in [5.74, 6) is -0.162. The monoisotopic (exact) mass is 371 g/mol. The first-order valence-corrected chi connectivity index (χ1v) is 7.56. The molecule has 3 heteroatoms. The Hall–Kier alpha value is -0.840. The van der Waals surface area contributed by atoms with Gasteiger partial charge in [-0.3, -0.25) is 4.79 Å². The molecule has 0 aliphatic rings. The lowest BCUT2D eigenvalue weighted by molar-refractivity contribution is -0.124. The van der Waals surface area contributed by atoms with E-state index >= 15 is 0 Å². The molecular formula is C16H22INO. The Bertz CT molecular complexity index is 466. The summed E-state index contributed by atoms with van der Waals surface area (Å²) >= 11 is 2.28. The van der Waals surface area contributed by atoms with Crippen molar-refractivity contribution < 1.29 is 4.79 Å². The standard InChI is InChI=1S/C16H22INO/c1-6-16(4,5)14(15(19)18-11(2)3)12-9-7-8-10-13(12)17/h6-11,14H,1H2,2-5H3,(H,18,19). The SMILES string of the molecule is C=CC(C)(C)C(C(=O)NC(C)C)c1ccccc1I. The Morgan fingerprint density at radius 3 is 2.42 bits per heavy atom. The van der Waals surface area contributed by atoms with E-state index in [1.54, 1.807) is 0 Å². The van der Waals surface area contributed by atoms with Crippen LogP contribution in [0.5, 0.6) is 0 Å². The summed E-state index contributed by atoms with van der Waals surface area (Å²) in [7, 11) is 0. The summed E-state index contributed by atoms with van der Waals surface area (Å²) < 4.78 is 1.11. The van der Waals surface area contributed by atoms with Gasteiger partial charge in [0.2, 0.25) is 5.91 Å². The third-order valence-electron chi connectivity index (χ3n) is 3.18. The maximum Gasteiger partial charge on any atom is 0.228 e. The average molecular weight is 371 g/mol. The normalized spacial score (nSPS) is 13.2. The molecule has 1 atom stereocenters. The van der Waals surface area contributed by atoms with Crippen LogP contribution >= 0.6 is 22.6 Å². The summed E-state index contributed by atoms with van der Waals surface area (Å²) in [6.07, 6.45) is 1.86. The first-order chi connectivity index (χ1) is 8.79. The summed E-state index contributed by atoms with van der Waals surface area (Å²) in [6, 6.07) is 8.16. The zero-order valence-corrected chi connectivity index (χ0v) is 14.2. The minimum Gasteiger partial charge on any atom is -0.353 e. The zero-order valence-electron chi connectivity index (χ0n) is 12.0. The lowest BCUT2D eigenvalue weighted by atomic mass is 9.74.